The molecule has 32 heavy (non-hydrogen) atoms. The summed E-state index contributed by atoms with van der Waals surface area (Å²) in [5.74, 6) is -1.09. The molecule has 3 aromatic rings. The van der Waals surface area contributed by atoms with Crippen LogP contribution in [0.25, 0.3) is 16.5 Å². The predicted octanol–water partition coefficient (Wildman–Crippen LogP) is 4.90. The van der Waals surface area contributed by atoms with E-state index in [1.807, 2.05) is 0 Å². The molecule has 1 aliphatic heterocycles. The number of anilines is 2. The molecule has 0 amide bonds. The highest BCUT2D eigenvalue weighted by Gasteiger charge is 2.21. The topological polar surface area (TPSA) is 82.7 Å². The van der Waals surface area contributed by atoms with Gasteiger partial charge in [0.05, 0.1) is 22.9 Å². The van der Waals surface area contributed by atoms with Gasteiger partial charge in [0.15, 0.2) is 0 Å². The van der Waals surface area contributed by atoms with Crippen molar-refractivity contribution < 1.29 is 13.2 Å². The van der Waals surface area contributed by atoms with E-state index in [0.29, 0.717) is 22.5 Å². The molecule has 3 N–H and O–H groups in total. The van der Waals surface area contributed by atoms with E-state index in [1.54, 1.807) is 6.07 Å². The molecule has 0 aromatic carbocycles. The van der Waals surface area contributed by atoms with E-state index in [9.17, 15) is 18.0 Å². The lowest BCUT2D eigenvalue weighted by atomic mass is 9.97. The molecule has 1 fully saturated rings. The SMILES string of the molecule is C1CCNC1.O=c1[nH]c2cc(Nc3ccc(F)cn3)ncc2cc1C1=C(F)CCC=C1F. The van der Waals surface area contributed by atoms with Gasteiger partial charge in [0.2, 0.25) is 0 Å². The van der Waals surface area contributed by atoms with Crippen LogP contribution in [0.15, 0.2) is 59.2 Å². The quantitative estimate of drug-likeness (QED) is 0.539. The molecule has 3 aromatic heterocycles. The number of hydrogen-bond acceptors (Lipinski definition) is 5. The van der Waals surface area contributed by atoms with Gasteiger partial charge in [-0.05, 0) is 56.6 Å². The number of nitrogens with zero attached hydrogens (tertiary/aromatic N) is 2. The van der Waals surface area contributed by atoms with Crippen LogP contribution in [0.5, 0.6) is 0 Å². The zero-order valence-corrected chi connectivity index (χ0v) is 17.2. The molecular formula is C23H22F3N5O. The average molecular weight is 441 g/mol. The zero-order chi connectivity index (χ0) is 22.5. The van der Waals surface area contributed by atoms with E-state index in [4.69, 9.17) is 0 Å². The number of aromatic nitrogens is 3. The molecule has 0 unspecified atom stereocenters. The van der Waals surface area contributed by atoms with Gasteiger partial charge in [0.1, 0.15) is 29.1 Å². The van der Waals surface area contributed by atoms with E-state index < -0.39 is 23.0 Å². The molecule has 166 valence electrons. The number of hydrogen-bond donors (Lipinski definition) is 3. The fourth-order valence-electron chi connectivity index (χ4n) is 3.52. The summed E-state index contributed by atoms with van der Waals surface area (Å²) in [4.78, 5) is 23.1. The molecule has 0 saturated carbocycles. The van der Waals surface area contributed by atoms with E-state index >= 15 is 0 Å². The Morgan fingerprint density at radius 3 is 2.41 bits per heavy atom. The molecule has 9 heteroatoms. The largest absolute Gasteiger partial charge is 0.325 e. The van der Waals surface area contributed by atoms with Crippen LogP contribution in [0.3, 0.4) is 0 Å². The molecule has 2 aliphatic rings. The average Bonchev–Trinajstić information content (AvgIpc) is 3.36. The Kier molecular flexibility index (Phi) is 6.65. The summed E-state index contributed by atoms with van der Waals surface area (Å²) in [6, 6.07) is 5.66. The van der Waals surface area contributed by atoms with Crippen LogP contribution >= 0.6 is 0 Å². The lowest BCUT2D eigenvalue weighted by Crippen LogP contribution is -2.14. The number of fused-ring (bicyclic) bond motifs is 1. The Morgan fingerprint density at radius 1 is 0.969 bits per heavy atom. The second-order valence-electron chi connectivity index (χ2n) is 7.48. The van der Waals surface area contributed by atoms with E-state index in [-0.39, 0.29) is 24.0 Å². The minimum absolute atomic E-state index is 0.0615. The molecule has 5 rings (SSSR count). The molecular weight excluding hydrogens is 419 g/mol. The van der Waals surface area contributed by atoms with E-state index in [2.05, 4.69) is 25.6 Å². The molecule has 0 bridgehead atoms. The Balaban J connectivity index is 0.000000433. The Bertz CT molecular complexity index is 1220. The predicted molar refractivity (Wildman–Crippen MR) is 118 cm³/mol. The molecule has 0 spiro atoms. The summed E-state index contributed by atoms with van der Waals surface area (Å²) < 4.78 is 41.1. The molecule has 1 saturated heterocycles. The van der Waals surface area contributed by atoms with Crippen molar-refractivity contribution in [3.63, 3.8) is 0 Å². The fourth-order valence-corrected chi connectivity index (χ4v) is 3.52. The number of H-pyrrole nitrogens is 1. The first kappa shape index (κ1) is 21.8. The van der Waals surface area contributed by atoms with Gasteiger partial charge in [-0.15, -0.1) is 0 Å². The Morgan fingerprint density at radius 2 is 1.75 bits per heavy atom. The molecule has 1 aliphatic carbocycles. The van der Waals surface area contributed by atoms with Gasteiger partial charge in [-0.2, -0.15) is 0 Å². The van der Waals surface area contributed by atoms with Crippen LogP contribution in [0.2, 0.25) is 0 Å². The normalized spacial score (nSPS) is 15.9. The summed E-state index contributed by atoms with van der Waals surface area (Å²) in [5, 5.41) is 6.62. The van der Waals surface area contributed by atoms with Crippen molar-refractivity contribution in [2.45, 2.75) is 25.7 Å². The number of rotatable bonds is 3. The van der Waals surface area contributed by atoms with Gasteiger partial charge in [-0.1, -0.05) is 0 Å². The first-order valence-electron chi connectivity index (χ1n) is 10.4. The van der Waals surface area contributed by atoms with Crippen LogP contribution in [0.4, 0.5) is 24.8 Å². The summed E-state index contributed by atoms with van der Waals surface area (Å²) in [7, 11) is 0. The number of halogens is 3. The molecule has 0 radical (unpaired) electrons. The Labute approximate surface area is 182 Å². The first-order valence-corrected chi connectivity index (χ1v) is 10.4. The van der Waals surface area contributed by atoms with Gasteiger partial charge >= 0.3 is 0 Å². The van der Waals surface area contributed by atoms with Crippen LogP contribution in [0, 0.1) is 5.82 Å². The minimum atomic E-state index is -0.739. The monoisotopic (exact) mass is 441 g/mol. The van der Waals surface area contributed by atoms with Gasteiger partial charge in [-0.25, -0.2) is 23.1 Å². The summed E-state index contributed by atoms with van der Waals surface area (Å²) in [6.07, 6.45) is 6.89. The van der Waals surface area contributed by atoms with Gasteiger partial charge in [0, 0.05) is 24.1 Å². The number of allylic oxidation sites excluding steroid dienone is 4. The van der Waals surface area contributed by atoms with E-state index in [0.717, 1.165) is 6.20 Å². The fraction of sp³-hybridized carbons (Fsp3) is 0.261. The van der Waals surface area contributed by atoms with E-state index in [1.165, 1.54) is 56.4 Å². The number of nitrogens with one attached hydrogen (secondary N) is 3. The standard InChI is InChI=1S/C19H13F3N4O.C4H9N/c20-11-4-5-16(24-9-11)26-17-7-15-10(8-23-17)6-12(19(27)25-15)18-13(21)2-1-3-14(18)22;1-2-4-5-3-1/h2,4-9H,1,3H2,(H,25,27)(H,23,24,26);5H,1-4H2. The lowest BCUT2D eigenvalue weighted by molar-refractivity contribution is 0.567. The molecule has 0 atom stereocenters. The highest BCUT2D eigenvalue weighted by molar-refractivity contribution is 5.87. The molecule has 4 heterocycles. The first-order chi connectivity index (χ1) is 15.5. The summed E-state index contributed by atoms with van der Waals surface area (Å²) in [6.45, 7) is 2.50. The third-order valence-electron chi connectivity index (χ3n) is 5.13. The van der Waals surface area contributed by atoms with Crippen LogP contribution in [-0.2, 0) is 0 Å². The maximum Gasteiger partial charge on any atom is 0.256 e. The van der Waals surface area contributed by atoms with Crippen molar-refractivity contribution in [2.75, 3.05) is 18.4 Å². The van der Waals surface area contributed by atoms with Crippen molar-refractivity contribution in [3.8, 4) is 0 Å². The molecule has 6 nitrogen and oxygen atoms in total. The number of aromatic amines is 1. The van der Waals surface area contributed by atoms with Gasteiger partial charge in [0.25, 0.3) is 5.56 Å². The minimum Gasteiger partial charge on any atom is -0.325 e. The summed E-state index contributed by atoms with van der Waals surface area (Å²) in [5.41, 5.74) is -0.544. The third kappa shape index (κ3) is 5.05. The maximum atomic E-state index is 14.1. The van der Waals surface area contributed by atoms with Crippen LogP contribution < -0.4 is 16.2 Å². The second-order valence-corrected chi connectivity index (χ2v) is 7.48. The smallest absolute Gasteiger partial charge is 0.256 e. The maximum absolute atomic E-state index is 14.1. The zero-order valence-electron chi connectivity index (χ0n) is 17.2. The van der Waals surface area contributed by atoms with Crippen LogP contribution in [0.1, 0.15) is 31.2 Å². The van der Waals surface area contributed by atoms with Crippen LogP contribution in [-0.4, -0.2) is 28.0 Å². The summed E-state index contributed by atoms with van der Waals surface area (Å²) >= 11 is 0. The lowest BCUT2D eigenvalue weighted by Gasteiger charge is -2.12. The van der Waals surface area contributed by atoms with Gasteiger partial charge in [-0.3, -0.25) is 4.79 Å². The van der Waals surface area contributed by atoms with Crippen molar-refractivity contribution in [3.05, 3.63) is 76.1 Å². The third-order valence-corrected chi connectivity index (χ3v) is 5.13. The Hall–Kier alpha value is -3.46. The van der Waals surface area contributed by atoms with Crippen molar-refractivity contribution in [2.24, 2.45) is 0 Å². The number of pyridine rings is 3. The second kappa shape index (κ2) is 9.78. The highest BCUT2D eigenvalue weighted by atomic mass is 19.1. The highest BCUT2D eigenvalue weighted by Crippen LogP contribution is 2.34. The van der Waals surface area contributed by atoms with Crippen molar-refractivity contribution >= 4 is 28.1 Å². The van der Waals surface area contributed by atoms with Crippen molar-refractivity contribution in [1.82, 2.24) is 20.3 Å². The van der Waals surface area contributed by atoms with Crippen molar-refractivity contribution in [1.29, 1.82) is 0 Å². The van der Waals surface area contributed by atoms with Gasteiger partial charge < -0.3 is 15.6 Å².